The summed E-state index contributed by atoms with van der Waals surface area (Å²) in [7, 11) is 0. The van der Waals surface area contributed by atoms with E-state index in [1.165, 1.54) is 26.8 Å². The van der Waals surface area contributed by atoms with E-state index in [0.717, 1.165) is 5.75 Å². The SMILES string of the molecule is NC(c1cccc2ccncc12)C1CSc2ccccc21. The zero-order valence-corrected chi connectivity index (χ0v) is 12.4. The van der Waals surface area contributed by atoms with Crippen LogP contribution in [0.3, 0.4) is 0 Å². The van der Waals surface area contributed by atoms with Crippen molar-refractivity contribution in [2.75, 3.05) is 5.75 Å². The molecule has 2 heterocycles. The van der Waals surface area contributed by atoms with Crippen molar-refractivity contribution in [2.45, 2.75) is 16.9 Å². The van der Waals surface area contributed by atoms with Crippen molar-refractivity contribution in [3.8, 4) is 0 Å². The molecule has 2 aromatic carbocycles. The van der Waals surface area contributed by atoms with Crippen LogP contribution in [0.15, 0.2) is 65.8 Å². The minimum Gasteiger partial charge on any atom is -0.323 e. The Morgan fingerprint density at radius 3 is 2.95 bits per heavy atom. The van der Waals surface area contributed by atoms with Crippen LogP contribution in [0.25, 0.3) is 10.8 Å². The number of nitrogens with two attached hydrogens (primary N) is 1. The van der Waals surface area contributed by atoms with Gasteiger partial charge >= 0.3 is 0 Å². The molecule has 0 saturated carbocycles. The van der Waals surface area contributed by atoms with Gasteiger partial charge in [-0.15, -0.1) is 11.8 Å². The third-order valence-electron chi connectivity index (χ3n) is 4.25. The number of benzene rings is 2. The summed E-state index contributed by atoms with van der Waals surface area (Å²) in [6.07, 6.45) is 3.76. The first-order valence-corrected chi connectivity index (χ1v) is 8.13. The molecular weight excluding hydrogens is 276 g/mol. The van der Waals surface area contributed by atoms with Gasteiger partial charge in [0.1, 0.15) is 0 Å². The van der Waals surface area contributed by atoms with Crippen molar-refractivity contribution in [3.05, 3.63) is 72.1 Å². The average molecular weight is 292 g/mol. The maximum atomic E-state index is 6.64. The zero-order valence-electron chi connectivity index (χ0n) is 11.6. The number of hydrogen-bond donors (Lipinski definition) is 1. The van der Waals surface area contributed by atoms with E-state index < -0.39 is 0 Å². The molecule has 0 radical (unpaired) electrons. The van der Waals surface area contributed by atoms with Gasteiger partial charge in [-0.05, 0) is 28.6 Å². The van der Waals surface area contributed by atoms with Crippen molar-refractivity contribution in [2.24, 2.45) is 5.73 Å². The molecular formula is C18H16N2S. The lowest BCUT2D eigenvalue weighted by molar-refractivity contribution is 0.611. The summed E-state index contributed by atoms with van der Waals surface area (Å²) in [6.45, 7) is 0. The van der Waals surface area contributed by atoms with Gasteiger partial charge in [-0.3, -0.25) is 4.98 Å². The minimum atomic E-state index is 0.00838. The molecule has 0 aliphatic carbocycles. The third kappa shape index (κ3) is 2.13. The molecule has 4 rings (SSSR count). The quantitative estimate of drug-likeness (QED) is 0.772. The third-order valence-corrected chi connectivity index (χ3v) is 5.46. The second-order valence-electron chi connectivity index (χ2n) is 5.43. The molecule has 2 nitrogen and oxygen atoms in total. The van der Waals surface area contributed by atoms with E-state index in [-0.39, 0.29) is 6.04 Å². The highest BCUT2D eigenvalue weighted by Gasteiger charge is 2.29. The van der Waals surface area contributed by atoms with Crippen molar-refractivity contribution in [1.82, 2.24) is 4.98 Å². The lowest BCUT2D eigenvalue weighted by Gasteiger charge is -2.21. The molecule has 0 amide bonds. The van der Waals surface area contributed by atoms with E-state index in [4.69, 9.17) is 5.73 Å². The van der Waals surface area contributed by atoms with Gasteiger partial charge < -0.3 is 5.73 Å². The molecule has 0 saturated heterocycles. The van der Waals surface area contributed by atoms with Crippen molar-refractivity contribution in [1.29, 1.82) is 0 Å². The fraction of sp³-hybridized carbons (Fsp3) is 0.167. The summed E-state index contributed by atoms with van der Waals surface area (Å²) >= 11 is 1.91. The molecule has 21 heavy (non-hydrogen) atoms. The van der Waals surface area contributed by atoms with Gasteiger partial charge in [-0.25, -0.2) is 0 Å². The van der Waals surface area contributed by atoms with Crippen LogP contribution in [0.4, 0.5) is 0 Å². The number of aromatic nitrogens is 1. The van der Waals surface area contributed by atoms with Gasteiger partial charge in [-0.2, -0.15) is 0 Å². The van der Waals surface area contributed by atoms with Crippen molar-refractivity contribution >= 4 is 22.5 Å². The molecule has 3 aromatic rings. The summed E-state index contributed by atoms with van der Waals surface area (Å²) in [4.78, 5) is 5.64. The molecule has 1 aliphatic rings. The zero-order chi connectivity index (χ0) is 14.2. The number of nitrogens with zero attached hydrogens (tertiary/aromatic N) is 1. The summed E-state index contributed by atoms with van der Waals surface area (Å²) < 4.78 is 0. The van der Waals surface area contributed by atoms with Gasteiger partial charge in [0.2, 0.25) is 0 Å². The Kier molecular flexibility index (Phi) is 3.17. The van der Waals surface area contributed by atoms with Gasteiger partial charge in [0.05, 0.1) is 0 Å². The molecule has 0 spiro atoms. The number of thioether (sulfide) groups is 1. The Balaban J connectivity index is 1.80. The Labute approximate surface area is 128 Å². The van der Waals surface area contributed by atoms with E-state index in [1.807, 2.05) is 30.2 Å². The van der Waals surface area contributed by atoms with Gasteiger partial charge in [0.25, 0.3) is 0 Å². The van der Waals surface area contributed by atoms with Gasteiger partial charge in [-0.1, -0.05) is 36.4 Å². The van der Waals surface area contributed by atoms with Crippen molar-refractivity contribution in [3.63, 3.8) is 0 Å². The lowest BCUT2D eigenvalue weighted by Crippen LogP contribution is -2.20. The second-order valence-corrected chi connectivity index (χ2v) is 6.49. The Morgan fingerprint density at radius 2 is 2.00 bits per heavy atom. The van der Waals surface area contributed by atoms with E-state index in [1.54, 1.807) is 0 Å². The summed E-state index contributed by atoms with van der Waals surface area (Å²) in [6, 6.07) is 17.0. The van der Waals surface area contributed by atoms with Gasteiger partial charge in [0.15, 0.2) is 0 Å². The molecule has 2 N–H and O–H groups in total. The fourth-order valence-corrected chi connectivity index (χ4v) is 4.44. The van der Waals surface area contributed by atoms with Crippen LogP contribution in [0.1, 0.15) is 23.1 Å². The standard InChI is InChI=1S/C18H16N2S/c19-18(16-11-21-17-7-2-1-5-13(16)17)14-6-3-4-12-8-9-20-10-15(12)14/h1-10,16,18H,11,19H2. The number of pyridine rings is 1. The van der Waals surface area contributed by atoms with Crippen LogP contribution < -0.4 is 5.73 Å². The van der Waals surface area contributed by atoms with Gasteiger partial charge in [0, 0.05) is 40.4 Å². The topological polar surface area (TPSA) is 38.9 Å². The summed E-state index contributed by atoms with van der Waals surface area (Å²) in [5.41, 5.74) is 9.22. The van der Waals surface area contributed by atoms with E-state index in [2.05, 4.69) is 47.4 Å². The molecule has 2 atom stereocenters. The first kappa shape index (κ1) is 12.9. The second kappa shape index (κ2) is 5.17. The van der Waals surface area contributed by atoms with E-state index in [0.29, 0.717) is 5.92 Å². The largest absolute Gasteiger partial charge is 0.323 e. The highest BCUT2D eigenvalue weighted by atomic mass is 32.2. The molecule has 0 fully saturated rings. The number of fused-ring (bicyclic) bond motifs is 2. The first-order chi connectivity index (χ1) is 10.3. The van der Waals surface area contributed by atoms with E-state index >= 15 is 0 Å². The van der Waals surface area contributed by atoms with Crippen molar-refractivity contribution < 1.29 is 0 Å². The van der Waals surface area contributed by atoms with E-state index in [9.17, 15) is 0 Å². The maximum absolute atomic E-state index is 6.64. The molecule has 104 valence electrons. The Morgan fingerprint density at radius 1 is 1.10 bits per heavy atom. The highest BCUT2D eigenvalue weighted by Crippen LogP contribution is 2.45. The molecule has 0 bridgehead atoms. The van der Waals surface area contributed by atoms with Crippen LogP contribution in [-0.2, 0) is 0 Å². The monoisotopic (exact) mass is 292 g/mol. The van der Waals surface area contributed by atoms with Crippen LogP contribution >= 0.6 is 11.8 Å². The molecule has 2 unspecified atom stereocenters. The number of hydrogen-bond acceptors (Lipinski definition) is 3. The molecule has 1 aromatic heterocycles. The lowest BCUT2D eigenvalue weighted by atomic mass is 9.87. The first-order valence-electron chi connectivity index (χ1n) is 7.14. The summed E-state index contributed by atoms with van der Waals surface area (Å²) in [5.74, 6) is 1.42. The highest BCUT2D eigenvalue weighted by molar-refractivity contribution is 7.99. The van der Waals surface area contributed by atoms with Crippen LogP contribution in [0.5, 0.6) is 0 Å². The minimum absolute atomic E-state index is 0.00838. The average Bonchev–Trinajstić information content (AvgIpc) is 2.98. The summed E-state index contributed by atoms with van der Waals surface area (Å²) in [5, 5.41) is 2.37. The predicted octanol–water partition coefficient (Wildman–Crippen LogP) is 4.12. The maximum Gasteiger partial charge on any atom is 0.0379 e. The predicted molar refractivity (Wildman–Crippen MR) is 88.6 cm³/mol. The normalized spacial score (nSPS) is 18.6. The molecule has 3 heteroatoms. The van der Waals surface area contributed by atoms with Crippen LogP contribution in [0.2, 0.25) is 0 Å². The molecule has 1 aliphatic heterocycles. The van der Waals surface area contributed by atoms with Crippen LogP contribution in [-0.4, -0.2) is 10.7 Å². The van der Waals surface area contributed by atoms with Crippen LogP contribution in [0, 0.1) is 0 Å². The fourth-order valence-electron chi connectivity index (χ4n) is 3.13. The Hall–Kier alpha value is -1.84. The smallest absolute Gasteiger partial charge is 0.0379 e. The number of rotatable bonds is 2. The Bertz CT molecular complexity index is 795.